The Labute approximate surface area is 171 Å². The molecule has 1 aliphatic rings. The van der Waals surface area contributed by atoms with Crippen molar-refractivity contribution in [2.45, 2.75) is 51.2 Å². The summed E-state index contributed by atoms with van der Waals surface area (Å²) in [6, 6.07) is 8.01. The number of benzene rings is 1. The zero-order valence-electron chi connectivity index (χ0n) is 16.3. The van der Waals surface area contributed by atoms with E-state index in [2.05, 4.69) is 0 Å². The van der Waals surface area contributed by atoms with Crippen LogP contribution in [-0.2, 0) is 16.0 Å². The van der Waals surface area contributed by atoms with E-state index in [9.17, 15) is 14.7 Å². The number of nitrogens with zero attached hydrogens (tertiary/aromatic N) is 1. The molecule has 1 amide bonds. The predicted molar refractivity (Wildman–Crippen MR) is 113 cm³/mol. The lowest BCUT2D eigenvalue weighted by Gasteiger charge is -2.33. The molecule has 0 aliphatic carbocycles. The van der Waals surface area contributed by atoms with E-state index in [1.165, 1.54) is 11.8 Å². The van der Waals surface area contributed by atoms with Gasteiger partial charge in [-0.25, -0.2) is 0 Å². The molecule has 1 saturated heterocycles. The molecule has 0 aromatic heterocycles. The first-order valence-corrected chi connectivity index (χ1v) is 10.7. The number of hydrogen-bond donors (Lipinski definition) is 2. The number of aliphatic hydroxyl groups excluding tert-OH is 1. The van der Waals surface area contributed by atoms with E-state index in [4.69, 9.17) is 5.11 Å². The number of aliphatic carboxylic acids is 1. The lowest BCUT2D eigenvalue weighted by atomic mass is 9.98. The van der Waals surface area contributed by atoms with Crippen molar-refractivity contribution in [2.24, 2.45) is 0 Å². The Morgan fingerprint density at radius 3 is 2.93 bits per heavy atom. The highest BCUT2D eigenvalue weighted by Gasteiger charge is 2.25. The third-order valence-electron chi connectivity index (χ3n) is 4.79. The molecule has 2 atom stereocenters. The molecule has 0 bridgehead atoms. The van der Waals surface area contributed by atoms with Gasteiger partial charge in [-0.1, -0.05) is 42.5 Å². The van der Waals surface area contributed by atoms with Crippen LogP contribution in [0.25, 0.3) is 0 Å². The Morgan fingerprint density at radius 1 is 1.39 bits per heavy atom. The second kappa shape index (κ2) is 11.7. The summed E-state index contributed by atoms with van der Waals surface area (Å²) in [5, 5.41) is 20.9. The van der Waals surface area contributed by atoms with Gasteiger partial charge in [0.1, 0.15) is 0 Å². The number of aryl methyl sites for hydroxylation is 1. The van der Waals surface area contributed by atoms with Crippen LogP contribution >= 0.6 is 11.8 Å². The van der Waals surface area contributed by atoms with Gasteiger partial charge in [0.05, 0.1) is 18.6 Å². The number of carbonyl (C=O) groups excluding carboxylic acids is 1. The number of likely N-dealkylation sites (tertiary alicyclic amines) is 1. The second-order valence-electron chi connectivity index (χ2n) is 6.97. The summed E-state index contributed by atoms with van der Waals surface area (Å²) in [6.07, 6.45) is 8.05. The lowest BCUT2D eigenvalue weighted by Crippen LogP contribution is -2.42. The minimum atomic E-state index is -0.804. The minimum Gasteiger partial charge on any atom is -0.481 e. The number of carboxylic acids is 1. The average molecular weight is 404 g/mol. The number of aliphatic hydroxyl groups is 1. The maximum Gasteiger partial charge on any atom is 0.304 e. The van der Waals surface area contributed by atoms with Gasteiger partial charge >= 0.3 is 5.97 Å². The van der Waals surface area contributed by atoms with Gasteiger partial charge in [-0.2, -0.15) is 0 Å². The van der Waals surface area contributed by atoms with Crippen LogP contribution in [0.3, 0.4) is 0 Å². The summed E-state index contributed by atoms with van der Waals surface area (Å²) < 4.78 is 0. The first-order chi connectivity index (χ1) is 13.5. The van der Waals surface area contributed by atoms with Gasteiger partial charge in [-0.15, -0.1) is 11.8 Å². The maximum atomic E-state index is 12.3. The van der Waals surface area contributed by atoms with Crippen LogP contribution in [0.15, 0.2) is 47.9 Å². The van der Waals surface area contributed by atoms with Crippen LogP contribution < -0.4 is 0 Å². The molecule has 152 valence electrons. The van der Waals surface area contributed by atoms with Gasteiger partial charge in [-0.05, 0) is 36.3 Å². The van der Waals surface area contributed by atoms with E-state index in [-0.39, 0.29) is 18.4 Å². The topological polar surface area (TPSA) is 77.8 Å². The molecule has 2 N–H and O–H groups in total. The first kappa shape index (κ1) is 22.2. The minimum absolute atomic E-state index is 0.0126. The zero-order valence-corrected chi connectivity index (χ0v) is 17.1. The van der Waals surface area contributed by atoms with Crippen LogP contribution in [0, 0.1) is 6.92 Å². The summed E-state index contributed by atoms with van der Waals surface area (Å²) in [4.78, 5) is 24.6. The quantitative estimate of drug-likeness (QED) is 0.461. The van der Waals surface area contributed by atoms with Gasteiger partial charge in [0.15, 0.2) is 0 Å². The number of thioether (sulfide) groups is 1. The fraction of sp³-hybridized carbons (Fsp3) is 0.455. The van der Waals surface area contributed by atoms with Crippen LogP contribution in [0.4, 0.5) is 0 Å². The first-order valence-electron chi connectivity index (χ1n) is 9.66. The van der Waals surface area contributed by atoms with Crippen LogP contribution in [-0.4, -0.2) is 51.4 Å². The van der Waals surface area contributed by atoms with E-state index < -0.39 is 12.1 Å². The number of piperidine rings is 1. The van der Waals surface area contributed by atoms with Gasteiger partial charge in [-0.3, -0.25) is 9.59 Å². The van der Waals surface area contributed by atoms with Crippen LogP contribution in [0.1, 0.15) is 36.8 Å². The second-order valence-corrected chi connectivity index (χ2v) is 7.99. The van der Waals surface area contributed by atoms with Gasteiger partial charge in [0.2, 0.25) is 5.91 Å². The third kappa shape index (κ3) is 7.52. The van der Waals surface area contributed by atoms with Crippen molar-refractivity contribution in [3.63, 3.8) is 0 Å². The van der Waals surface area contributed by atoms with Crippen molar-refractivity contribution >= 4 is 23.6 Å². The number of carboxylic acid groups (broad SMARTS) is 1. The number of amides is 1. The molecule has 1 aromatic carbocycles. The molecule has 5 nitrogen and oxygen atoms in total. The summed E-state index contributed by atoms with van der Waals surface area (Å²) in [5.41, 5.74) is 2.28. The third-order valence-corrected chi connectivity index (χ3v) is 5.61. The van der Waals surface area contributed by atoms with E-state index >= 15 is 0 Å². The molecule has 1 heterocycles. The molecule has 1 fully saturated rings. The summed E-state index contributed by atoms with van der Waals surface area (Å²) in [6.45, 7) is 2.54. The summed E-state index contributed by atoms with van der Waals surface area (Å²) >= 11 is 1.44. The van der Waals surface area contributed by atoms with E-state index in [0.29, 0.717) is 25.1 Å². The van der Waals surface area contributed by atoms with Crippen LogP contribution in [0.5, 0.6) is 0 Å². The van der Waals surface area contributed by atoms with Crippen molar-refractivity contribution in [3.05, 3.63) is 59.0 Å². The number of rotatable bonds is 10. The summed E-state index contributed by atoms with van der Waals surface area (Å²) in [5.74, 6) is -0.162. The molecular formula is C22H29NO4S. The highest BCUT2D eigenvalue weighted by Crippen LogP contribution is 2.20. The summed E-state index contributed by atoms with van der Waals surface area (Å²) in [7, 11) is 0. The monoisotopic (exact) mass is 403 g/mol. The predicted octanol–water partition coefficient (Wildman–Crippen LogP) is 3.56. The average Bonchev–Trinajstić information content (AvgIpc) is 2.66. The molecule has 6 heteroatoms. The fourth-order valence-electron chi connectivity index (χ4n) is 3.21. The Morgan fingerprint density at radius 2 is 2.18 bits per heavy atom. The molecule has 28 heavy (non-hydrogen) atoms. The molecule has 2 rings (SSSR count). The molecule has 0 spiro atoms. The van der Waals surface area contributed by atoms with Crippen LogP contribution in [0.2, 0.25) is 0 Å². The van der Waals surface area contributed by atoms with Crippen molar-refractivity contribution in [3.8, 4) is 0 Å². The highest BCUT2D eigenvalue weighted by molar-refractivity contribution is 8.02. The lowest BCUT2D eigenvalue weighted by molar-refractivity contribution is -0.136. The van der Waals surface area contributed by atoms with Crippen molar-refractivity contribution in [1.82, 2.24) is 4.90 Å². The van der Waals surface area contributed by atoms with Gasteiger partial charge in [0, 0.05) is 25.1 Å². The molecular weight excluding hydrogens is 374 g/mol. The normalized spacial score (nSPS) is 18.9. The van der Waals surface area contributed by atoms with E-state index in [1.54, 1.807) is 6.08 Å². The molecule has 1 aliphatic heterocycles. The van der Waals surface area contributed by atoms with Gasteiger partial charge < -0.3 is 15.1 Å². The van der Waals surface area contributed by atoms with Crippen molar-refractivity contribution < 1.29 is 19.8 Å². The molecule has 0 saturated carbocycles. The zero-order chi connectivity index (χ0) is 20.4. The van der Waals surface area contributed by atoms with Crippen molar-refractivity contribution in [1.29, 1.82) is 0 Å². The van der Waals surface area contributed by atoms with Crippen molar-refractivity contribution in [2.75, 3.05) is 12.3 Å². The Balaban J connectivity index is 1.88. The number of hydrogen-bond acceptors (Lipinski definition) is 4. The van der Waals surface area contributed by atoms with Gasteiger partial charge in [0.25, 0.3) is 0 Å². The molecule has 1 aromatic rings. The largest absolute Gasteiger partial charge is 0.481 e. The maximum absolute atomic E-state index is 12.3. The Kier molecular flexibility index (Phi) is 9.31. The highest BCUT2D eigenvalue weighted by atomic mass is 32.2. The molecule has 0 radical (unpaired) electrons. The van der Waals surface area contributed by atoms with E-state index in [0.717, 1.165) is 24.0 Å². The standard InChI is InChI=1S/C22H29NO4S/c1-17-6-2-3-7-18(17)16-20(24)11-10-19-8-4-9-21(25)23(19)13-5-14-28-15-12-22(26)27/h2-3,5-7,10-11,14,19-20,24H,4,8-9,12-13,15-16H2,1H3,(H,26,27)/b11-10+,14-5-/t19-,20?/m1/s1. The Hall–Kier alpha value is -2.05. The van der Waals surface area contributed by atoms with E-state index in [1.807, 2.05) is 53.6 Å². The SMILES string of the molecule is Cc1ccccc1CC(O)/C=C/[C@H]1CCCC(=O)N1C/C=C\SCCC(=O)O. The Bertz CT molecular complexity index is 716. The fourth-order valence-corrected chi connectivity index (χ4v) is 3.86. The number of carbonyl (C=O) groups is 2. The smallest absolute Gasteiger partial charge is 0.304 e. The molecule has 1 unspecified atom stereocenters.